The lowest BCUT2D eigenvalue weighted by Crippen LogP contribution is -2.18. The molecule has 1 aromatic rings. The third-order valence-corrected chi connectivity index (χ3v) is 5.06. The van der Waals surface area contributed by atoms with Crippen LogP contribution in [0.3, 0.4) is 0 Å². The minimum absolute atomic E-state index is 0.0452. The highest BCUT2D eigenvalue weighted by Gasteiger charge is 2.27. The van der Waals surface area contributed by atoms with Crippen LogP contribution in [0.2, 0.25) is 0 Å². The van der Waals surface area contributed by atoms with Crippen molar-refractivity contribution in [3.63, 3.8) is 0 Å². The molecule has 0 bridgehead atoms. The van der Waals surface area contributed by atoms with Crippen molar-refractivity contribution >= 4 is 25.2 Å². The lowest BCUT2D eigenvalue weighted by Gasteiger charge is -2.16. The van der Waals surface area contributed by atoms with Gasteiger partial charge >= 0.3 is 13.6 Å². The van der Waals surface area contributed by atoms with E-state index in [1.807, 2.05) is 0 Å². The summed E-state index contributed by atoms with van der Waals surface area (Å²) in [5, 5.41) is 11.6. The quantitative estimate of drug-likeness (QED) is 0.128. The number of hydrogen-bond donors (Lipinski definition) is 1. The summed E-state index contributed by atoms with van der Waals surface area (Å²) in [6.45, 7) is 3.42. The van der Waals surface area contributed by atoms with E-state index < -0.39 is 30.7 Å². The molecule has 0 unspecified atom stereocenters. The van der Waals surface area contributed by atoms with Gasteiger partial charge in [-0.2, -0.15) is 0 Å². The largest absolute Gasteiger partial charge is 0.427 e. The summed E-state index contributed by atoms with van der Waals surface area (Å²) < 4.78 is 27.5. The lowest BCUT2D eigenvalue weighted by atomic mass is 10.3. The summed E-state index contributed by atoms with van der Waals surface area (Å²) >= 11 is 0. The van der Waals surface area contributed by atoms with Crippen LogP contribution in [0.1, 0.15) is 26.7 Å². The van der Waals surface area contributed by atoms with E-state index in [9.17, 15) is 24.3 Å². The topological polar surface area (TPSA) is 143 Å². The average Bonchev–Trinajstić information content (AvgIpc) is 2.60. The maximum absolute atomic E-state index is 12.3. The number of anilines is 1. The first-order valence-electron chi connectivity index (χ1n) is 8.54. The smallest absolute Gasteiger partial charge is 0.340 e. The SMILES string of the molecule is CCOP(=O)(CC(=O)Nc1ccc(OC(=O)CCCO[N+](=O)[O-])cc1)OCC. The molecule has 0 atom stereocenters. The minimum Gasteiger partial charge on any atom is -0.427 e. The number of rotatable bonds is 13. The average molecular weight is 418 g/mol. The van der Waals surface area contributed by atoms with Crippen molar-refractivity contribution < 1.29 is 37.9 Å². The zero-order valence-corrected chi connectivity index (χ0v) is 16.5. The molecular formula is C16H23N2O9P. The number of amides is 1. The molecule has 0 aromatic heterocycles. The molecule has 12 heteroatoms. The number of ether oxygens (including phenoxy) is 1. The Hall–Kier alpha value is -2.49. The molecule has 28 heavy (non-hydrogen) atoms. The highest BCUT2D eigenvalue weighted by Crippen LogP contribution is 2.47. The third-order valence-electron chi connectivity index (χ3n) is 3.08. The summed E-state index contributed by atoms with van der Waals surface area (Å²) in [5.41, 5.74) is 0.406. The number of esters is 1. The Balaban J connectivity index is 2.49. The normalized spacial score (nSPS) is 10.9. The zero-order valence-electron chi connectivity index (χ0n) is 15.6. The van der Waals surface area contributed by atoms with Crippen molar-refractivity contribution in [2.24, 2.45) is 0 Å². The van der Waals surface area contributed by atoms with Crippen LogP contribution in [0.25, 0.3) is 0 Å². The molecule has 0 spiro atoms. The van der Waals surface area contributed by atoms with Crippen molar-refractivity contribution in [2.75, 3.05) is 31.3 Å². The van der Waals surface area contributed by atoms with Gasteiger partial charge in [0.05, 0.1) is 19.8 Å². The van der Waals surface area contributed by atoms with E-state index in [1.54, 1.807) is 13.8 Å². The molecule has 0 saturated heterocycles. The Kier molecular flexibility index (Phi) is 10.1. The Morgan fingerprint density at radius 3 is 2.29 bits per heavy atom. The Morgan fingerprint density at radius 1 is 1.14 bits per heavy atom. The second-order valence-electron chi connectivity index (χ2n) is 5.31. The van der Waals surface area contributed by atoms with Crippen molar-refractivity contribution in [3.05, 3.63) is 34.4 Å². The standard InChI is InChI=1S/C16H23N2O9P/c1-3-25-28(23,26-4-2)12-15(19)17-13-7-9-14(10-8-13)27-16(20)6-5-11-24-18(21)22/h7-10H,3-6,11-12H2,1-2H3,(H,17,19). The van der Waals surface area contributed by atoms with Gasteiger partial charge in [-0.15, -0.1) is 10.1 Å². The molecule has 0 aliphatic carbocycles. The van der Waals surface area contributed by atoms with E-state index in [2.05, 4.69) is 10.2 Å². The van der Waals surface area contributed by atoms with Crippen LogP contribution < -0.4 is 10.1 Å². The predicted molar refractivity (Wildman–Crippen MR) is 98.6 cm³/mol. The maximum atomic E-state index is 12.3. The third kappa shape index (κ3) is 9.45. The fraction of sp³-hybridized carbons (Fsp3) is 0.500. The van der Waals surface area contributed by atoms with Crippen LogP contribution in [-0.2, 0) is 28.0 Å². The molecule has 11 nitrogen and oxygen atoms in total. The van der Waals surface area contributed by atoms with Crippen LogP contribution >= 0.6 is 7.60 Å². The van der Waals surface area contributed by atoms with Gasteiger partial charge in [0.1, 0.15) is 11.9 Å². The summed E-state index contributed by atoms with van der Waals surface area (Å²) in [7, 11) is -3.49. The number of nitrogens with one attached hydrogen (secondary N) is 1. The van der Waals surface area contributed by atoms with Gasteiger partial charge < -0.3 is 23.9 Å². The Morgan fingerprint density at radius 2 is 1.75 bits per heavy atom. The van der Waals surface area contributed by atoms with Gasteiger partial charge in [-0.25, -0.2) is 0 Å². The van der Waals surface area contributed by atoms with Crippen molar-refractivity contribution in [3.8, 4) is 5.75 Å². The van der Waals surface area contributed by atoms with Gasteiger partial charge in [-0.3, -0.25) is 14.2 Å². The second-order valence-corrected chi connectivity index (χ2v) is 7.37. The zero-order chi connectivity index (χ0) is 21.0. The van der Waals surface area contributed by atoms with E-state index in [-0.39, 0.29) is 38.4 Å². The van der Waals surface area contributed by atoms with Gasteiger partial charge in [0, 0.05) is 12.1 Å². The molecule has 1 rings (SSSR count). The molecule has 1 N–H and O–H groups in total. The number of nitrogens with zero attached hydrogens (tertiary/aromatic N) is 1. The Labute approximate surface area is 161 Å². The fourth-order valence-corrected chi connectivity index (χ4v) is 3.52. The van der Waals surface area contributed by atoms with E-state index in [4.69, 9.17) is 13.8 Å². The first kappa shape index (κ1) is 23.5. The van der Waals surface area contributed by atoms with Crippen LogP contribution in [0.4, 0.5) is 5.69 Å². The lowest BCUT2D eigenvalue weighted by molar-refractivity contribution is -0.757. The molecule has 1 aromatic carbocycles. The van der Waals surface area contributed by atoms with Gasteiger partial charge in [0.15, 0.2) is 0 Å². The molecule has 156 valence electrons. The number of carbonyl (C=O) groups is 2. The summed E-state index contributed by atoms with van der Waals surface area (Å²) in [5.74, 6) is -0.869. The molecular weight excluding hydrogens is 395 g/mol. The van der Waals surface area contributed by atoms with Crippen molar-refractivity contribution in [1.82, 2.24) is 0 Å². The molecule has 0 aliphatic rings. The minimum atomic E-state index is -3.49. The summed E-state index contributed by atoms with van der Waals surface area (Å²) in [6, 6.07) is 5.93. The molecule has 0 radical (unpaired) electrons. The van der Waals surface area contributed by atoms with E-state index >= 15 is 0 Å². The van der Waals surface area contributed by atoms with Crippen molar-refractivity contribution in [2.45, 2.75) is 26.7 Å². The van der Waals surface area contributed by atoms with Gasteiger partial charge in [-0.05, 0) is 44.5 Å². The highest BCUT2D eigenvalue weighted by molar-refractivity contribution is 7.54. The van der Waals surface area contributed by atoms with Crippen LogP contribution in [0.15, 0.2) is 24.3 Å². The van der Waals surface area contributed by atoms with Crippen LogP contribution in [-0.4, -0.2) is 42.9 Å². The van der Waals surface area contributed by atoms with Gasteiger partial charge in [0.25, 0.3) is 5.09 Å². The Bertz CT molecular complexity index is 699. The van der Waals surface area contributed by atoms with E-state index in [0.29, 0.717) is 5.69 Å². The first-order chi connectivity index (χ1) is 13.3. The molecule has 1 amide bonds. The van der Waals surface area contributed by atoms with E-state index in [0.717, 1.165) is 0 Å². The van der Waals surface area contributed by atoms with Crippen molar-refractivity contribution in [1.29, 1.82) is 0 Å². The summed E-state index contributed by atoms with van der Waals surface area (Å²) in [6.07, 6.45) is -0.318. The van der Waals surface area contributed by atoms with Gasteiger partial charge in [-0.1, -0.05) is 0 Å². The number of benzene rings is 1. The predicted octanol–water partition coefficient (Wildman–Crippen LogP) is 2.79. The first-order valence-corrected chi connectivity index (χ1v) is 10.3. The molecule has 0 fully saturated rings. The summed E-state index contributed by atoms with van der Waals surface area (Å²) in [4.78, 5) is 37.8. The van der Waals surface area contributed by atoms with E-state index in [1.165, 1.54) is 24.3 Å². The molecule has 0 heterocycles. The highest BCUT2D eigenvalue weighted by atomic mass is 31.2. The van der Waals surface area contributed by atoms with Crippen LogP contribution in [0.5, 0.6) is 5.75 Å². The fourth-order valence-electron chi connectivity index (χ4n) is 2.04. The van der Waals surface area contributed by atoms with Crippen LogP contribution in [0, 0.1) is 10.1 Å². The molecule has 0 saturated carbocycles. The van der Waals surface area contributed by atoms with Gasteiger partial charge in [0.2, 0.25) is 5.91 Å². The second kappa shape index (κ2) is 12.1. The molecule has 0 aliphatic heterocycles. The monoisotopic (exact) mass is 418 g/mol. The maximum Gasteiger partial charge on any atom is 0.340 e. The number of hydrogen-bond acceptors (Lipinski definition) is 9. The number of carbonyl (C=O) groups excluding carboxylic acids is 2.